The third-order valence-corrected chi connectivity index (χ3v) is 4.02. The molecular weight excluding hydrogens is 230 g/mol. The van der Waals surface area contributed by atoms with Gasteiger partial charge in [0.2, 0.25) is 0 Å². The molecule has 2 atom stereocenters. The zero-order valence-electron chi connectivity index (χ0n) is 11.2. The molecule has 2 aliphatic heterocycles. The van der Waals surface area contributed by atoms with Gasteiger partial charge >= 0.3 is 5.97 Å². The molecule has 0 aromatic heterocycles. The van der Waals surface area contributed by atoms with E-state index in [9.17, 15) is 4.79 Å². The van der Waals surface area contributed by atoms with Crippen LogP contribution in [0.5, 0.6) is 0 Å². The molecule has 18 heavy (non-hydrogen) atoms. The molecule has 104 valence electrons. The van der Waals surface area contributed by atoms with Gasteiger partial charge in [-0.15, -0.1) is 0 Å². The Morgan fingerprint density at radius 2 is 2.06 bits per heavy atom. The van der Waals surface area contributed by atoms with E-state index < -0.39 is 0 Å². The molecule has 0 radical (unpaired) electrons. The summed E-state index contributed by atoms with van der Waals surface area (Å²) in [4.78, 5) is 14.1. The van der Waals surface area contributed by atoms with Gasteiger partial charge in [0.05, 0.1) is 18.7 Å². The molecule has 0 spiro atoms. The molecular formula is C13H25N3O2. The summed E-state index contributed by atoms with van der Waals surface area (Å²) in [6.45, 7) is 5.22. The van der Waals surface area contributed by atoms with Gasteiger partial charge in [-0.3, -0.25) is 9.69 Å². The molecule has 0 saturated carbocycles. The van der Waals surface area contributed by atoms with Gasteiger partial charge in [0.15, 0.2) is 0 Å². The van der Waals surface area contributed by atoms with Crippen molar-refractivity contribution < 1.29 is 9.53 Å². The maximum Gasteiger partial charge on any atom is 0.309 e. The lowest BCUT2D eigenvalue weighted by Gasteiger charge is -2.40. The maximum atomic E-state index is 11.7. The monoisotopic (exact) mass is 255 g/mol. The Morgan fingerprint density at radius 3 is 2.61 bits per heavy atom. The number of esters is 1. The highest BCUT2D eigenvalue weighted by atomic mass is 16.5. The van der Waals surface area contributed by atoms with E-state index in [-0.39, 0.29) is 11.9 Å². The van der Waals surface area contributed by atoms with Crippen LogP contribution in [0.15, 0.2) is 0 Å². The summed E-state index contributed by atoms with van der Waals surface area (Å²) >= 11 is 0. The SMILES string of the molecule is CCOC(=O)C1CCN(C2CCC(N)CN2)CC1. The van der Waals surface area contributed by atoms with Gasteiger partial charge in [-0.05, 0) is 32.6 Å². The summed E-state index contributed by atoms with van der Waals surface area (Å²) in [7, 11) is 0. The number of hydrogen-bond donors (Lipinski definition) is 2. The van der Waals surface area contributed by atoms with Crippen molar-refractivity contribution in [1.82, 2.24) is 10.2 Å². The average Bonchev–Trinajstić information content (AvgIpc) is 2.40. The highest BCUT2D eigenvalue weighted by Crippen LogP contribution is 2.22. The van der Waals surface area contributed by atoms with Gasteiger partial charge in [-0.1, -0.05) is 0 Å². The largest absolute Gasteiger partial charge is 0.466 e. The second-order valence-electron chi connectivity index (χ2n) is 5.32. The van der Waals surface area contributed by atoms with Crippen LogP contribution in [-0.2, 0) is 9.53 Å². The topological polar surface area (TPSA) is 67.6 Å². The first-order valence-corrected chi connectivity index (χ1v) is 7.10. The van der Waals surface area contributed by atoms with Crippen LogP contribution in [0.25, 0.3) is 0 Å². The van der Waals surface area contributed by atoms with E-state index in [1.54, 1.807) is 0 Å². The fourth-order valence-electron chi connectivity index (χ4n) is 2.88. The van der Waals surface area contributed by atoms with E-state index >= 15 is 0 Å². The van der Waals surface area contributed by atoms with E-state index in [4.69, 9.17) is 10.5 Å². The molecule has 0 bridgehead atoms. The Morgan fingerprint density at radius 1 is 1.33 bits per heavy atom. The van der Waals surface area contributed by atoms with Crippen molar-refractivity contribution in [2.75, 3.05) is 26.2 Å². The number of likely N-dealkylation sites (tertiary alicyclic amines) is 1. The minimum atomic E-state index is -0.0178. The number of rotatable bonds is 3. The third-order valence-electron chi connectivity index (χ3n) is 4.02. The summed E-state index contributed by atoms with van der Waals surface area (Å²) in [5.41, 5.74) is 5.88. The smallest absolute Gasteiger partial charge is 0.309 e. The van der Waals surface area contributed by atoms with Gasteiger partial charge < -0.3 is 15.8 Å². The predicted molar refractivity (Wildman–Crippen MR) is 69.9 cm³/mol. The Balaban J connectivity index is 1.74. The highest BCUT2D eigenvalue weighted by molar-refractivity contribution is 5.72. The third kappa shape index (κ3) is 3.43. The lowest BCUT2D eigenvalue weighted by molar-refractivity contribution is -0.150. The molecule has 2 saturated heterocycles. The number of carbonyl (C=O) groups is 1. The van der Waals surface area contributed by atoms with Gasteiger partial charge in [0.25, 0.3) is 0 Å². The van der Waals surface area contributed by atoms with Crippen molar-refractivity contribution in [3.63, 3.8) is 0 Å². The van der Waals surface area contributed by atoms with Gasteiger partial charge in [-0.25, -0.2) is 0 Å². The van der Waals surface area contributed by atoms with Crippen molar-refractivity contribution in [2.24, 2.45) is 11.7 Å². The van der Waals surface area contributed by atoms with E-state index in [2.05, 4.69) is 10.2 Å². The summed E-state index contributed by atoms with van der Waals surface area (Å²) in [6, 6.07) is 0.304. The summed E-state index contributed by atoms with van der Waals surface area (Å²) < 4.78 is 5.09. The Labute approximate surface area is 109 Å². The lowest BCUT2D eigenvalue weighted by Crippen LogP contribution is -2.55. The van der Waals surface area contributed by atoms with E-state index in [0.717, 1.165) is 45.3 Å². The number of nitrogens with two attached hydrogens (primary N) is 1. The quantitative estimate of drug-likeness (QED) is 0.710. The molecule has 3 N–H and O–H groups in total. The highest BCUT2D eigenvalue weighted by Gasteiger charge is 2.30. The van der Waals surface area contributed by atoms with Crippen LogP contribution in [0.3, 0.4) is 0 Å². The first-order chi connectivity index (χ1) is 8.70. The van der Waals surface area contributed by atoms with Gasteiger partial charge in [-0.2, -0.15) is 0 Å². The molecule has 5 nitrogen and oxygen atoms in total. The van der Waals surface area contributed by atoms with Crippen molar-refractivity contribution in [2.45, 2.75) is 44.8 Å². The van der Waals surface area contributed by atoms with Crippen LogP contribution in [0.2, 0.25) is 0 Å². The summed E-state index contributed by atoms with van der Waals surface area (Å²) in [5, 5.41) is 3.49. The maximum absolute atomic E-state index is 11.7. The van der Waals surface area contributed by atoms with Crippen LogP contribution in [0.4, 0.5) is 0 Å². The second kappa shape index (κ2) is 6.50. The fraction of sp³-hybridized carbons (Fsp3) is 0.923. The van der Waals surface area contributed by atoms with Crippen molar-refractivity contribution in [1.29, 1.82) is 0 Å². The molecule has 2 aliphatic rings. The molecule has 2 unspecified atom stereocenters. The molecule has 2 rings (SSSR count). The first kappa shape index (κ1) is 13.8. The second-order valence-corrected chi connectivity index (χ2v) is 5.32. The first-order valence-electron chi connectivity index (χ1n) is 7.10. The Hall–Kier alpha value is -0.650. The summed E-state index contributed by atoms with van der Waals surface area (Å²) in [6.07, 6.45) is 4.50. The minimum Gasteiger partial charge on any atom is -0.466 e. The predicted octanol–water partition coefficient (Wildman–Crippen LogP) is 0.298. The van der Waals surface area contributed by atoms with Crippen LogP contribution in [0, 0.1) is 5.92 Å². The zero-order valence-corrected chi connectivity index (χ0v) is 11.2. The molecule has 0 amide bonds. The van der Waals surface area contributed by atoms with Gasteiger partial charge in [0, 0.05) is 25.7 Å². The van der Waals surface area contributed by atoms with Crippen molar-refractivity contribution in [3.8, 4) is 0 Å². The van der Waals surface area contributed by atoms with E-state index in [0.29, 0.717) is 18.8 Å². The Bertz CT molecular complexity index is 269. The van der Waals surface area contributed by atoms with Crippen molar-refractivity contribution in [3.05, 3.63) is 0 Å². The molecule has 0 aromatic rings. The number of nitrogens with one attached hydrogen (secondary N) is 1. The number of piperidine rings is 2. The standard InChI is InChI=1S/C13H25N3O2/c1-2-18-13(17)10-5-7-16(8-6-10)12-4-3-11(14)9-15-12/h10-12,15H,2-9,14H2,1H3. The van der Waals surface area contributed by atoms with Crippen LogP contribution >= 0.6 is 0 Å². The van der Waals surface area contributed by atoms with Crippen LogP contribution < -0.4 is 11.1 Å². The average molecular weight is 255 g/mol. The van der Waals surface area contributed by atoms with Gasteiger partial charge in [0.1, 0.15) is 0 Å². The molecule has 2 fully saturated rings. The molecule has 2 heterocycles. The normalized spacial score (nSPS) is 31.2. The van der Waals surface area contributed by atoms with E-state index in [1.165, 1.54) is 0 Å². The Kier molecular flexibility index (Phi) is 4.97. The molecule has 0 aliphatic carbocycles. The minimum absolute atomic E-state index is 0.0178. The zero-order chi connectivity index (χ0) is 13.0. The number of carbonyl (C=O) groups excluding carboxylic acids is 1. The van der Waals surface area contributed by atoms with Crippen molar-refractivity contribution >= 4 is 5.97 Å². The summed E-state index contributed by atoms with van der Waals surface area (Å²) in [5.74, 6) is 0.0859. The van der Waals surface area contributed by atoms with Crippen LogP contribution in [-0.4, -0.2) is 49.3 Å². The fourth-order valence-corrected chi connectivity index (χ4v) is 2.88. The number of ether oxygens (including phenoxy) is 1. The lowest BCUT2D eigenvalue weighted by atomic mass is 9.95. The van der Waals surface area contributed by atoms with Crippen LogP contribution in [0.1, 0.15) is 32.6 Å². The molecule has 0 aromatic carbocycles. The number of hydrogen-bond acceptors (Lipinski definition) is 5. The molecule has 5 heteroatoms. The van der Waals surface area contributed by atoms with E-state index in [1.807, 2.05) is 6.92 Å². The number of nitrogens with zero attached hydrogens (tertiary/aromatic N) is 1.